The van der Waals surface area contributed by atoms with Crippen molar-refractivity contribution < 1.29 is 4.74 Å². The maximum Gasteiger partial charge on any atom is 0.243 e. The fraction of sp³-hybridized carbons (Fsp3) is 0.286. The van der Waals surface area contributed by atoms with Crippen LogP contribution < -0.4 is 4.74 Å². The molecule has 2 aromatic heterocycles. The van der Waals surface area contributed by atoms with E-state index in [4.69, 9.17) is 9.72 Å². The molecule has 0 bridgehead atoms. The van der Waals surface area contributed by atoms with Crippen LogP contribution in [0, 0.1) is 5.92 Å². The van der Waals surface area contributed by atoms with E-state index in [1.54, 1.807) is 0 Å². The van der Waals surface area contributed by atoms with Crippen LogP contribution in [-0.2, 0) is 0 Å². The molecular weight excluding hydrogens is 324 g/mol. The van der Waals surface area contributed by atoms with Gasteiger partial charge in [-0.25, -0.2) is 9.97 Å². The monoisotopic (exact) mass is 344 g/mol. The van der Waals surface area contributed by atoms with Gasteiger partial charge in [0, 0.05) is 5.56 Å². The van der Waals surface area contributed by atoms with Crippen molar-refractivity contribution in [1.82, 2.24) is 19.9 Å². The molecule has 5 heteroatoms. The molecule has 0 amide bonds. The summed E-state index contributed by atoms with van der Waals surface area (Å²) in [5.41, 5.74) is 2.47. The van der Waals surface area contributed by atoms with Crippen molar-refractivity contribution in [2.24, 2.45) is 5.92 Å². The van der Waals surface area contributed by atoms with E-state index in [9.17, 15) is 0 Å². The smallest absolute Gasteiger partial charge is 0.243 e. The van der Waals surface area contributed by atoms with Gasteiger partial charge in [0.05, 0.1) is 0 Å². The first kappa shape index (κ1) is 15.3. The summed E-state index contributed by atoms with van der Waals surface area (Å²) in [6, 6.07) is 14.5. The molecule has 26 heavy (non-hydrogen) atoms. The molecule has 2 aromatic carbocycles. The van der Waals surface area contributed by atoms with Crippen molar-refractivity contribution in [2.75, 3.05) is 0 Å². The van der Waals surface area contributed by atoms with E-state index in [-0.39, 0.29) is 6.10 Å². The van der Waals surface area contributed by atoms with Crippen molar-refractivity contribution in [3.05, 3.63) is 48.8 Å². The lowest BCUT2D eigenvalue weighted by atomic mass is 10.0. The Hall–Kier alpha value is -2.95. The molecule has 2 heterocycles. The van der Waals surface area contributed by atoms with Gasteiger partial charge in [-0.05, 0) is 36.0 Å². The number of aromatic nitrogens is 4. The van der Waals surface area contributed by atoms with Gasteiger partial charge in [-0.2, -0.15) is 4.98 Å². The van der Waals surface area contributed by atoms with E-state index in [0.29, 0.717) is 17.4 Å². The third-order valence-electron chi connectivity index (χ3n) is 5.22. The molecule has 4 aromatic rings. The highest BCUT2D eigenvalue weighted by atomic mass is 16.5. The lowest BCUT2D eigenvalue weighted by Gasteiger charge is -2.12. The number of hydrogen-bond acceptors (Lipinski definition) is 4. The SMILES string of the molecule is C[C@H]1CC[C@H](Oc2ncnc3nc(-c4cccc5ccccc45)[nH]c23)C1. The summed E-state index contributed by atoms with van der Waals surface area (Å²) >= 11 is 0. The Morgan fingerprint density at radius 2 is 1.92 bits per heavy atom. The van der Waals surface area contributed by atoms with Gasteiger partial charge in [0.1, 0.15) is 23.8 Å². The number of benzene rings is 2. The Morgan fingerprint density at radius 1 is 1.04 bits per heavy atom. The van der Waals surface area contributed by atoms with Crippen LogP contribution in [0.1, 0.15) is 26.2 Å². The topological polar surface area (TPSA) is 63.7 Å². The maximum absolute atomic E-state index is 6.17. The summed E-state index contributed by atoms with van der Waals surface area (Å²) in [6.45, 7) is 2.27. The van der Waals surface area contributed by atoms with Crippen LogP contribution in [0.15, 0.2) is 48.8 Å². The lowest BCUT2D eigenvalue weighted by Crippen LogP contribution is -2.13. The molecule has 1 saturated carbocycles. The van der Waals surface area contributed by atoms with Crippen molar-refractivity contribution in [3.8, 4) is 17.3 Å². The molecule has 2 atom stereocenters. The zero-order valence-corrected chi connectivity index (χ0v) is 14.6. The fourth-order valence-electron chi connectivity index (χ4n) is 3.88. The molecular formula is C21H20N4O. The number of hydrogen-bond donors (Lipinski definition) is 1. The minimum Gasteiger partial charge on any atom is -0.473 e. The number of ether oxygens (including phenoxy) is 1. The molecule has 1 fully saturated rings. The van der Waals surface area contributed by atoms with Crippen LogP contribution >= 0.6 is 0 Å². The van der Waals surface area contributed by atoms with Crippen molar-refractivity contribution in [1.29, 1.82) is 0 Å². The highest BCUT2D eigenvalue weighted by Crippen LogP contribution is 2.32. The van der Waals surface area contributed by atoms with Crippen LogP contribution in [0.2, 0.25) is 0 Å². The Balaban J connectivity index is 1.58. The van der Waals surface area contributed by atoms with E-state index >= 15 is 0 Å². The molecule has 0 unspecified atom stereocenters. The second-order valence-electron chi connectivity index (χ2n) is 7.15. The largest absolute Gasteiger partial charge is 0.473 e. The highest BCUT2D eigenvalue weighted by Gasteiger charge is 2.24. The second-order valence-corrected chi connectivity index (χ2v) is 7.15. The van der Waals surface area contributed by atoms with E-state index in [1.165, 1.54) is 18.1 Å². The summed E-state index contributed by atoms with van der Waals surface area (Å²) in [5, 5.41) is 2.35. The third kappa shape index (κ3) is 2.60. The first-order valence-electron chi connectivity index (χ1n) is 9.13. The van der Waals surface area contributed by atoms with E-state index in [0.717, 1.165) is 35.1 Å². The van der Waals surface area contributed by atoms with Crippen LogP contribution in [0.3, 0.4) is 0 Å². The summed E-state index contributed by atoms with van der Waals surface area (Å²) in [7, 11) is 0. The number of rotatable bonds is 3. The Bertz CT molecular complexity index is 1080. The van der Waals surface area contributed by atoms with Crippen LogP contribution in [-0.4, -0.2) is 26.0 Å². The van der Waals surface area contributed by atoms with E-state index < -0.39 is 0 Å². The first-order valence-corrected chi connectivity index (χ1v) is 9.13. The van der Waals surface area contributed by atoms with E-state index in [2.05, 4.69) is 46.1 Å². The number of imidazole rings is 1. The Kier molecular flexibility index (Phi) is 3.59. The van der Waals surface area contributed by atoms with Crippen molar-refractivity contribution >= 4 is 21.9 Å². The predicted molar refractivity (Wildman–Crippen MR) is 102 cm³/mol. The van der Waals surface area contributed by atoms with Crippen LogP contribution in [0.4, 0.5) is 0 Å². The average Bonchev–Trinajstić information content (AvgIpc) is 3.28. The normalized spacial score (nSPS) is 20.0. The Labute approximate surface area is 151 Å². The van der Waals surface area contributed by atoms with E-state index in [1.807, 2.05) is 18.2 Å². The molecule has 1 aliphatic rings. The van der Waals surface area contributed by atoms with Gasteiger partial charge in [-0.15, -0.1) is 0 Å². The van der Waals surface area contributed by atoms with Gasteiger partial charge in [-0.1, -0.05) is 49.4 Å². The van der Waals surface area contributed by atoms with Crippen molar-refractivity contribution in [3.63, 3.8) is 0 Å². The van der Waals surface area contributed by atoms with Gasteiger partial charge in [-0.3, -0.25) is 0 Å². The minimum atomic E-state index is 0.229. The summed E-state index contributed by atoms with van der Waals surface area (Å²) in [5.74, 6) is 2.11. The molecule has 0 aliphatic heterocycles. The summed E-state index contributed by atoms with van der Waals surface area (Å²) in [4.78, 5) is 16.8. The summed E-state index contributed by atoms with van der Waals surface area (Å²) < 4.78 is 6.17. The number of aromatic amines is 1. The Morgan fingerprint density at radius 3 is 2.81 bits per heavy atom. The zero-order chi connectivity index (χ0) is 17.5. The molecule has 130 valence electrons. The number of nitrogens with one attached hydrogen (secondary N) is 1. The number of nitrogens with zero attached hydrogens (tertiary/aromatic N) is 3. The molecule has 5 rings (SSSR count). The molecule has 1 aliphatic carbocycles. The quantitative estimate of drug-likeness (QED) is 0.583. The van der Waals surface area contributed by atoms with Gasteiger partial charge in [0.2, 0.25) is 5.88 Å². The van der Waals surface area contributed by atoms with Gasteiger partial charge >= 0.3 is 0 Å². The highest BCUT2D eigenvalue weighted by molar-refractivity contribution is 5.96. The minimum absolute atomic E-state index is 0.229. The standard InChI is InChI=1S/C21H20N4O/c1-13-9-10-15(11-13)26-21-18-20(22-12-23-21)25-19(24-18)17-8-4-6-14-5-2-3-7-16(14)17/h2-8,12-13,15H,9-11H2,1H3,(H,22,23,24,25)/t13-,15-/m0/s1. The van der Waals surface area contributed by atoms with Gasteiger partial charge in [0.25, 0.3) is 0 Å². The second kappa shape index (κ2) is 6.09. The zero-order valence-electron chi connectivity index (χ0n) is 14.6. The number of fused-ring (bicyclic) bond motifs is 2. The fourth-order valence-corrected chi connectivity index (χ4v) is 3.88. The average molecular weight is 344 g/mol. The van der Waals surface area contributed by atoms with Crippen LogP contribution in [0.5, 0.6) is 5.88 Å². The van der Waals surface area contributed by atoms with Gasteiger partial charge in [0.15, 0.2) is 5.65 Å². The number of H-pyrrole nitrogens is 1. The maximum atomic E-state index is 6.17. The van der Waals surface area contributed by atoms with Crippen LogP contribution in [0.25, 0.3) is 33.3 Å². The summed E-state index contributed by atoms with van der Waals surface area (Å²) in [6.07, 6.45) is 5.13. The first-order chi connectivity index (χ1) is 12.8. The lowest BCUT2D eigenvalue weighted by molar-refractivity contribution is 0.199. The molecule has 0 radical (unpaired) electrons. The molecule has 0 saturated heterocycles. The molecule has 1 N–H and O–H groups in total. The van der Waals surface area contributed by atoms with Gasteiger partial charge < -0.3 is 9.72 Å². The molecule has 0 spiro atoms. The molecule has 5 nitrogen and oxygen atoms in total. The van der Waals surface area contributed by atoms with Crippen molar-refractivity contribution in [2.45, 2.75) is 32.3 Å². The third-order valence-corrected chi connectivity index (χ3v) is 5.22. The predicted octanol–water partition coefficient (Wildman–Crippen LogP) is 4.74.